The van der Waals surface area contributed by atoms with E-state index in [0.29, 0.717) is 0 Å². The molecule has 20 heavy (non-hydrogen) atoms. The van der Waals surface area contributed by atoms with Crippen LogP contribution in [0.2, 0.25) is 5.02 Å². The first-order valence-electron chi connectivity index (χ1n) is 5.82. The zero-order valence-electron chi connectivity index (χ0n) is 10.2. The molecule has 1 heterocycles. The molecule has 6 nitrogen and oxygen atoms in total. The molecular formula is C12H12ClFN2O4. The molecule has 0 radical (unpaired) electrons. The summed E-state index contributed by atoms with van der Waals surface area (Å²) in [5, 5.41) is 20.7. The number of hydrogen-bond acceptors (Lipinski definition) is 3. The molecule has 2 amide bonds. The number of rotatable bonds is 2. The Morgan fingerprint density at radius 2 is 2.15 bits per heavy atom. The second-order valence-electron chi connectivity index (χ2n) is 4.45. The smallest absolute Gasteiger partial charge is 0.326 e. The third-order valence-corrected chi connectivity index (χ3v) is 3.29. The standard InChI is InChI=1S/C12H12ClFN2O4/c13-8-3-6(1-2-9(8)14)15-12(20)16-5-7(17)4-10(16)11(18)19/h1-3,7,10,17H,4-5H2,(H,15,20)(H,18,19)/t7-,10-/m1/s1. The molecule has 1 aliphatic heterocycles. The number of carbonyl (C=O) groups excluding carboxylic acids is 1. The summed E-state index contributed by atoms with van der Waals surface area (Å²) < 4.78 is 13.0. The molecule has 0 aromatic heterocycles. The molecule has 2 atom stereocenters. The lowest BCUT2D eigenvalue weighted by Gasteiger charge is -2.21. The first-order chi connectivity index (χ1) is 9.38. The van der Waals surface area contributed by atoms with Gasteiger partial charge in [0.15, 0.2) is 0 Å². The van der Waals surface area contributed by atoms with Crippen LogP contribution in [0.3, 0.4) is 0 Å². The van der Waals surface area contributed by atoms with Crippen LogP contribution in [0.4, 0.5) is 14.9 Å². The summed E-state index contributed by atoms with van der Waals surface area (Å²) in [5.74, 6) is -1.81. The lowest BCUT2D eigenvalue weighted by molar-refractivity contribution is -0.141. The normalized spacial score (nSPS) is 21.9. The van der Waals surface area contributed by atoms with E-state index in [4.69, 9.17) is 16.7 Å². The number of carboxylic acid groups (broad SMARTS) is 1. The number of nitrogens with one attached hydrogen (secondary N) is 1. The minimum Gasteiger partial charge on any atom is -0.480 e. The first-order valence-corrected chi connectivity index (χ1v) is 6.20. The van der Waals surface area contributed by atoms with Gasteiger partial charge in [-0.25, -0.2) is 14.0 Å². The molecule has 8 heteroatoms. The van der Waals surface area contributed by atoms with Crippen LogP contribution in [0.15, 0.2) is 18.2 Å². The molecule has 1 aromatic carbocycles. The third kappa shape index (κ3) is 3.00. The van der Waals surface area contributed by atoms with Crippen LogP contribution in [0, 0.1) is 5.82 Å². The van der Waals surface area contributed by atoms with Gasteiger partial charge in [-0.05, 0) is 18.2 Å². The van der Waals surface area contributed by atoms with Crippen LogP contribution in [-0.4, -0.2) is 45.8 Å². The molecule has 1 fully saturated rings. The van der Waals surface area contributed by atoms with Gasteiger partial charge in [0.2, 0.25) is 0 Å². The van der Waals surface area contributed by atoms with Crippen molar-refractivity contribution in [2.45, 2.75) is 18.6 Å². The van der Waals surface area contributed by atoms with Crippen molar-refractivity contribution in [3.63, 3.8) is 0 Å². The number of likely N-dealkylation sites (tertiary alicyclic amines) is 1. The molecule has 1 aliphatic rings. The fourth-order valence-corrected chi connectivity index (χ4v) is 2.22. The molecule has 3 N–H and O–H groups in total. The van der Waals surface area contributed by atoms with Crippen molar-refractivity contribution in [3.05, 3.63) is 29.0 Å². The molecule has 0 aliphatic carbocycles. The highest BCUT2D eigenvalue weighted by Gasteiger charge is 2.39. The predicted octanol–water partition coefficient (Wildman–Crippen LogP) is 1.53. The van der Waals surface area contributed by atoms with Crippen molar-refractivity contribution in [2.75, 3.05) is 11.9 Å². The van der Waals surface area contributed by atoms with Crippen molar-refractivity contribution in [1.82, 2.24) is 4.90 Å². The van der Waals surface area contributed by atoms with Gasteiger partial charge in [-0.3, -0.25) is 0 Å². The number of aliphatic hydroxyl groups excluding tert-OH is 1. The molecular weight excluding hydrogens is 291 g/mol. The highest BCUT2D eigenvalue weighted by molar-refractivity contribution is 6.31. The Kier molecular flexibility index (Phi) is 4.10. The molecule has 2 rings (SSSR count). The second-order valence-corrected chi connectivity index (χ2v) is 4.86. The van der Waals surface area contributed by atoms with E-state index in [1.165, 1.54) is 12.1 Å². The van der Waals surface area contributed by atoms with Gasteiger partial charge in [-0.1, -0.05) is 11.6 Å². The fraction of sp³-hybridized carbons (Fsp3) is 0.333. The van der Waals surface area contributed by atoms with Crippen LogP contribution in [0.25, 0.3) is 0 Å². The van der Waals surface area contributed by atoms with Gasteiger partial charge in [-0.15, -0.1) is 0 Å². The largest absolute Gasteiger partial charge is 0.480 e. The van der Waals surface area contributed by atoms with Crippen LogP contribution in [-0.2, 0) is 4.79 Å². The number of nitrogens with zero attached hydrogens (tertiary/aromatic N) is 1. The van der Waals surface area contributed by atoms with E-state index in [1.807, 2.05) is 0 Å². The van der Waals surface area contributed by atoms with Gasteiger partial charge >= 0.3 is 12.0 Å². The highest BCUT2D eigenvalue weighted by Crippen LogP contribution is 2.22. The summed E-state index contributed by atoms with van der Waals surface area (Å²) in [4.78, 5) is 24.0. The molecule has 1 aromatic rings. The fourth-order valence-electron chi connectivity index (χ4n) is 2.04. The zero-order chi connectivity index (χ0) is 14.9. The quantitative estimate of drug-likeness (QED) is 0.773. The summed E-state index contributed by atoms with van der Waals surface area (Å²) in [5.41, 5.74) is 0.243. The Bertz CT molecular complexity index is 554. The van der Waals surface area contributed by atoms with Gasteiger partial charge in [0.05, 0.1) is 11.1 Å². The third-order valence-electron chi connectivity index (χ3n) is 3.00. The van der Waals surface area contributed by atoms with E-state index in [1.54, 1.807) is 0 Å². The van der Waals surface area contributed by atoms with Gasteiger partial charge in [0.25, 0.3) is 0 Å². The van der Waals surface area contributed by atoms with Crippen LogP contribution >= 0.6 is 11.6 Å². The van der Waals surface area contributed by atoms with Gasteiger partial charge in [0.1, 0.15) is 11.9 Å². The number of aliphatic carboxylic acids is 1. The number of carbonyl (C=O) groups is 2. The number of β-amino-alcohol motifs (C(OH)–C–C–N with tert-alkyl or cyclic N) is 1. The predicted molar refractivity (Wildman–Crippen MR) is 69.2 cm³/mol. The average Bonchev–Trinajstić information content (AvgIpc) is 2.76. The van der Waals surface area contributed by atoms with Crippen molar-refractivity contribution in [3.8, 4) is 0 Å². The number of hydrogen-bond donors (Lipinski definition) is 3. The van der Waals surface area contributed by atoms with E-state index < -0.39 is 30.0 Å². The molecule has 108 valence electrons. The summed E-state index contributed by atoms with van der Waals surface area (Å²) in [7, 11) is 0. The van der Waals surface area contributed by atoms with Crippen LogP contribution in [0.5, 0.6) is 0 Å². The topological polar surface area (TPSA) is 89.9 Å². The maximum Gasteiger partial charge on any atom is 0.326 e. The van der Waals surface area contributed by atoms with Crippen molar-refractivity contribution in [2.24, 2.45) is 0 Å². The lowest BCUT2D eigenvalue weighted by atomic mass is 10.2. The SMILES string of the molecule is O=C(O)[C@H]1C[C@@H](O)CN1C(=O)Nc1ccc(F)c(Cl)c1. The van der Waals surface area contributed by atoms with Crippen LogP contribution in [0.1, 0.15) is 6.42 Å². The maximum atomic E-state index is 13.0. The molecule has 0 unspecified atom stereocenters. The number of amides is 2. The van der Waals surface area contributed by atoms with E-state index >= 15 is 0 Å². The Morgan fingerprint density at radius 1 is 1.45 bits per heavy atom. The van der Waals surface area contributed by atoms with Crippen molar-refractivity contribution in [1.29, 1.82) is 0 Å². The number of benzene rings is 1. The lowest BCUT2D eigenvalue weighted by Crippen LogP contribution is -2.43. The van der Waals surface area contributed by atoms with Gasteiger partial charge in [-0.2, -0.15) is 0 Å². The average molecular weight is 303 g/mol. The maximum absolute atomic E-state index is 13.0. The molecule has 0 bridgehead atoms. The minimum atomic E-state index is -1.19. The molecule has 1 saturated heterocycles. The summed E-state index contributed by atoms with van der Waals surface area (Å²) in [6.07, 6.45) is -0.897. The van der Waals surface area contributed by atoms with E-state index in [9.17, 15) is 19.1 Å². The minimum absolute atomic E-state index is 0.0209. The van der Waals surface area contributed by atoms with Crippen molar-refractivity contribution >= 4 is 29.3 Å². The van der Waals surface area contributed by atoms with Gasteiger partial charge in [0, 0.05) is 18.7 Å². The number of anilines is 1. The van der Waals surface area contributed by atoms with Crippen LogP contribution < -0.4 is 5.32 Å². The first kappa shape index (κ1) is 14.5. The number of carboxylic acids is 1. The summed E-state index contributed by atoms with van der Waals surface area (Å²) in [6, 6.07) is 1.85. The number of halogens is 2. The summed E-state index contributed by atoms with van der Waals surface area (Å²) >= 11 is 5.59. The Hall–Kier alpha value is -1.86. The number of urea groups is 1. The van der Waals surface area contributed by atoms with E-state index in [2.05, 4.69) is 5.32 Å². The Balaban J connectivity index is 2.11. The number of aliphatic hydroxyl groups is 1. The van der Waals surface area contributed by atoms with Gasteiger partial charge < -0.3 is 20.4 Å². The van der Waals surface area contributed by atoms with Crippen molar-refractivity contribution < 1.29 is 24.2 Å². The van der Waals surface area contributed by atoms with E-state index in [0.717, 1.165) is 11.0 Å². The zero-order valence-corrected chi connectivity index (χ0v) is 11.0. The monoisotopic (exact) mass is 302 g/mol. The molecule has 0 saturated carbocycles. The van der Waals surface area contributed by atoms with E-state index in [-0.39, 0.29) is 23.7 Å². The Morgan fingerprint density at radius 3 is 2.75 bits per heavy atom. The summed E-state index contributed by atoms with van der Waals surface area (Å²) in [6.45, 7) is -0.0717. The highest BCUT2D eigenvalue weighted by atomic mass is 35.5. The Labute approximate surface area is 118 Å². The second kappa shape index (κ2) is 5.64. The molecule has 0 spiro atoms.